The van der Waals surface area contributed by atoms with Gasteiger partial charge in [0.25, 0.3) is 0 Å². The molecule has 37 heavy (non-hydrogen) atoms. The summed E-state index contributed by atoms with van der Waals surface area (Å²) in [6.45, 7) is 15.2. The lowest BCUT2D eigenvalue weighted by Crippen LogP contribution is -2.99. The van der Waals surface area contributed by atoms with Crippen LogP contribution in [0.4, 0.5) is 26.3 Å². The number of hydrogen-bond donors (Lipinski definition) is 0. The molecule has 224 valence electrons. The summed E-state index contributed by atoms with van der Waals surface area (Å²) in [5.41, 5.74) is -11.5. The lowest BCUT2D eigenvalue weighted by Gasteiger charge is -2.65. The van der Waals surface area contributed by atoms with E-state index in [0.717, 1.165) is 0 Å². The summed E-state index contributed by atoms with van der Waals surface area (Å²) >= 11 is 0. The second-order valence-electron chi connectivity index (χ2n) is 14.0. The maximum absolute atomic E-state index is 13.8. The minimum atomic E-state index is -6.14. The molecule has 0 radical (unpaired) electrons. The highest BCUT2D eigenvalue weighted by Gasteiger charge is 2.81. The molecule has 6 nitrogen and oxygen atoms in total. The molecule has 0 aliphatic heterocycles. The van der Waals surface area contributed by atoms with Crippen molar-refractivity contribution in [3.8, 4) is 0 Å². The Morgan fingerprint density at radius 3 is 0.703 bits per heavy atom. The highest BCUT2D eigenvalue weighted by atomic mass is 32.2. The Bertz CT molecular complexity index is 952. The van der Waals surface area contributed by atoms with Crippen LogP contribution < -0.4 is 0 Å². The Labute approximate surface area is 224 Å². The van der Waals surface area contributed by atoms with E-state index in [1.807, 2.05) is 0 Å². The van der Waals surface area contributed by atoms with Crippen LogP contribution in [0.1, 0.15) is 0 Å². The second kappa shape index (κ2) is 10.0. The molecular formula is C16H42F6O6S2Si7. The predicted molar refractivity (Wildman–Crippen MR) is 154 cm³/mol. The van der Waals surface area contributed by atoms with Crippen molar-refractivity contribution in [2.75, 3.05) is 0 Å². The molecule has 0 spiro atoms. The minimum absolute atomic E-state index is 1.59. The lowest BCUT2D eigenvalue weighted by molar-refractivity contribution is -0.0504. The first kappa shape index (κ1) is 37.9. The van der Waals surface area contributed by atoms with Gasteiger partial charge in [0, 0.05) is 0 Å². The third-order valence-corrected chi connectivity index (χ3v) is 156. The average molecular weight is 705 g/mol. The quantitative estimate of drug-likeness (QED) is 0.154. The molecule has 0 aromatic carbocycles. The molecule has 0 N–H and O–H groups in total. The highest BCUT2D eigenvalue weighted by Crippen LogP contribution is 2.51. The van der Waals surface area contributed by atoms with Gasteiger partial charge in [0.2, 0.25) is 0 Å². The van der Waals surface area contributed by atoms with Crippen LogP contribution in [0.5, 0.6) is 0 Å². The molecule has 0 atom stereocenters. The second-order valence-corrected chi connectivity index (χ2v) is 90.7. The van der Waals surface area contributed by atoms with Gasteiger partial charge < -0.3 is 7.74 Å². The van der Waals surface area contributed by atoms with Crippen molar-refractivity contribution >= 4 is 71.5 Å². The van der Waals surface area contributed by atoms with E-state index in [-0.39, 0.29) is 0 Å². The van der Waals surface area contributed by atoms with E-state index in [1.54, 1.807) is 91.7 Å². The molecule has 0 aliphatic rings. The SMILES string of the molecule is C[Si](C)(C)[Si](OS(=O)(=O)C(F)(F)F)([Si](C)(C)C)[Si](C)(C)[Si](OS(=O)(=O)C(F)(F)F)([Si](C)(C)C)[Si](C)(C)C. The minimum Gasteiger partial charge on any atom is -0.318 e. The third kappa shape index (κ3) is 6.24. The molecule has 0 bridgehead atoms. The number of rotatable bonds is 10. The van der Waals surface area contributed by atoms with Crippen LogP contribution in [-0.2, 0) is 28.0 Å². The fourth-order valence-electron chi connectivity index (χ4n) is 7.38. The van der Waals surface area contributed by atoms with E-state index < -0.39 is 82.5 Å². The predicted octanol–water partition coefficient (Wildman–Crippen LogP) is 6.14. The number of alkyl halides is 6. The molecule has 0 heterocycles. The molecule has 21 heteroatoms. The van der Waals surface area contributed by atoms with E-state index in [1.165, 1.54) is 0 Å². The monoisotopic (exact) mass is 704 g/mol. The van der Waals surface area contributed by atoms with Crippen LogP contribution in [0, 0.1) is 0 Å². The van der Waals surface area contributed by atoms with Gasteiger partial charge >= 0.3 is 31.3 Å². The molecular weight excluding hydrogens is 663 g/mol. The molecule has 0 aromatic heterocycles. The standard InChI is InChI=1S/C16H42F6O6S2Si7/c1-31(2,3)36(32(4,5)6,27-29(23,24)15(17,18)19)35(13,14)37(33(7,8)9,34(10,11)12)28-30(25,26)16(20,21)22/h1-14H3. The molecule has 0 aromatic rings. The third-order valence-electron chi connectivity index (χ3n) is 7.02. The Morgan fingerprint density at radius 1 is 0.432 bits per heavy atom. The van der Waals surface area contributed by atoms with E-state index in [2.05, 4.69) is 0 Å². The summed E-state index contributed by atoms with van der Waals surface area (Å²) in [6, 6.07) is 0. The van der Waals surface area contributed by atoms with Crippen molar-refractivity contribution in [1.29, 1.82) is 0 Å². The van der Waals surface area contributed by atoms with Crippen molar-refractivity contribution in [2.24, 2.45) is 0 Å². The van der Waals surface area contributed by atoms with Gasteiger partial charge in [-0.2, -0.15) is 43.2 Å². The van der Waals surface area contributed by atoms with Crippen LogP contribution in [0.25, 0.3) is 0 Å². The molecule has 0 saturated heterocycles. The van der Waals surface area contributed by atoms with Gasteiger partial charge in [0.05, 0.1) is 37.5 Å². The topological polar surface area (TPSA) is 86.7 Å². The summed E-state index contributed by atoms with van der Waals surface area (Å²) in [5.74, 6) is 0. The maximum atomic E-state index is 13.8. The van der Waals surface area contributed by atoms with Crippen LogP contribution in [0.3, 0.4) is 0 Å². The molecule has 0 aliphatic carbocycles. The molecule has 0 unspecified atom stereocenters. The van der Waals surface area contributed by atoms with E-state index in [9.17, 15) is 43.2 Å². The molecule has 0 fully saturated rings. The van der Waals surface area contributed by atoms with E-state index in [0.29, 0.717) is 0 Å². The lowest BCUT2D eigenvalue weighted by atomic mass is 11.6. The van der Waals surface area contributed by atoms with Crippen LogP contribution in [-0.4, -0.2) is 79.1 Å². The van der Waals surface area contributed by atoms with Gasteiger partial charge in [0.15, 0.2) is 13.7 Å². The smallest absolute Gasteiger partial charge is 0.318 e. The first-order valence-corrected chi connectivity index (χ1v) is 41.1. The summed E-state index contributed by atoms with van der Waals surface area (Å²) in [5, 5.41) is 0. The largest absolute Gasteiger partial charge is 0.522 e. The maximum Gasteiger partial charge on any atom is 0.522 e. The van der Waals surface area contributed by atoms with Gasteiger partial charge in [-0.15, -0.1) is 0 Å². The summed E-state index contributed by atoms with van der Waals surface area (Å²) in [4.78, 5) is 0. The number of halogens is 6. The van der Waals surface area contributed by atoms with Crippen molar-refractivity contribution in [3.63, 3.8) is 0 Å². The van der Waals surface area contributed by atoms with Gasteiger partial charge in [-0.05, 0) is 0 Å². The van der Waals surface area contributed by atoms with Crippen molar-refractivity contribution in [3.05, 3.63) is 0 Å². The van der Waals surface area contributed by atoms with Gasteiger partial charge in [-0.25, -0.2) is 0 Å². The van der Waals surface area contributed by atoms with Crippen molar-refractivity contribution in [1.82, 2.24) is 0 Å². The van der Waals surface area contributed by atoms with Crippen molar-refractivity contribution < 1.29 is 50.9 Å². The zero-order valence-electron chi connectivity index (χ0n) is 24.0. The Balaban J connectivity index is 8.52. The highest BCUT2D eigenvalue weighted by molar-refractivity contribution is 8.11. The van der Waals surface area contributed by atoms with Gasteiger partial charge in [0.1, 0.15) is 0 Å². The van der Waals surface area contributed by atoms with Crippen LogP contribution in [0.15, 0.2) is 0 Å². The van der Waals surface area contributed by atoms with E-state index in [4.69, 9.17) is 7.74 Å². The molecule has 0 saturated carbocycles. The summed E-state index contributed by atoms with van der Waals surface area (Å²) in [6.07, 6.45) is 0. The van der Waals surface area contributed by atoms with E-state index >= 15 is 0 Å². The Hall–Kier alpha value is 0.918. The first-order chi connectivity index (χ1) is 15.4. The fourth-order valence-corrected chi connectivity index (χ4v) is 273. The summed E-state index contributed by atoms with van der Waals surface area (Å²) < 4.78 is 145. The average Bonchev–Trinajstić information content (AvgIpc) is 2.50. The molecule has 0 amide bonds. The summed E-state index contributed by atoms with van der Waals surface area (Å²) in [7, 11) is -28.5. The first-order valence-electron chi connectivity index (χ1n) is 11.5. The van der Waals surface area contributed by atoms with Crippen molar-refractivity contribution in [2.45, 2.75) is 103 Å². The Kier molecular flexibility index (Phi) is 10.3. The Morgan fingerprint density at radius 2 is 0.595 bits per heavy atom. The van der Waals surface area contributed by atoms with Crippen LogP contribution in [0.2, 0.25) is 91.7 Å². The zero-order valence-corrected chi connectivity index (χ0v) is 32.7. The normalized spacial score (nSPS) is 16.8. The van der Waals surface area contributed by atoms with Gasteiger partial charge in [-0.1, -0.05) is 91.7 Å². The molecule has 0 rings (SSSR count). The van der Waals surface area contributed by atoms with Crippen LogP contribution >= 0.6 is 0 Å². The fraction of sp³-hybridized carbons (Fsp3) is 1.00. The van der Waals surface area contributed by atoms with Gasteiger partial charge in [-0.3, -0.25) is 0 Å². The zero-order chi connectivity index (χ0) is 30.9. The number of hydrogen-bond acceptors (Lipinski definition) is 6.